The summed E-state index contributed by atoms with van der Waals surface area (Å²) in [5, 5.41) is 19.2. The molecule has 0 amide bonds. The van der Waals surface area contributed by atoms with E-state index in [0.717, 1.165) is 22.3 Å². The topological polar surface area (TPSA) is 49.7 Å². The Balaban J connectivity index is 1.85. The molecule has 25 heavy (non-hydrogen) atoms. The summed E-state index contributed by atoms with van der Waals surface area (Å²) in [4.78, 5) is 0. The Bertz CT molecular complexity index is 865. The lowest BCUT2D eigenvalue weighted by molar-refractivity contribution is 0.217. The van der Waals surface area contributed by atoms with Crippen LogP contribution in [0.1, 0.15) is 28.4 Å². The van der Waals surface area contributed by atoms with Gasteiger partial charge in [0.2, 0.25) is 0 Å². The van der Waals surface area contributed by atoms with Gasteiger partial charge in [0.25, 0.3) is 0 Å². The van der Waals surface area contributed by atoms with E-state index in [1.807, 2.05) is 48.5 Å². The highest BCUT2D eigenvalue weighted by atomic mass is 19.1. The molecule has 126 valence electrons. The van der Waals surface area contributed by atoms with E-state index in [1.165, 1.54) is 12.1 Å². The summed E-state index contributed by atoms with van der Waals surface area (Å²) in [5.74, 6) is -0.171. The van der Waals surface area contributed by atoms with Gasteiger partial charge in [-0.05, 0) is 23.3 Å². The molecular weight excluding hydrogens is 319 g/mol. The first-order valence-corrected chi connectivity index (χ1v) is 8.11. The third-order valence-corrected chi connectivity index (χ3v) is 4.56. The number of rotatable bonds is 4. The van der Waals surface area contributed by atoms with Crippen LogP contribution in [0, 0.1) is 5.82 Å². The number of fused-ring (bicyclic) bond motifs is 3. The first-order valence-electron chi connectivity index (χ1n) is 8.11. The van der Waals surface area contributed by atoms with Crippen LogP contribution in [0.25, 0.3) is 11.1 Å². The Hall–Kier alpha value is -2.69. The summed E-state index contributed by atoms with van der Waals surface area (Å²) in [5.41, 5.74) is 4.88. The maximum absolute atomic E-state index is 13.7. The lowest BCUT2D eigenvalue weighted by atomic mass is 10.1. The van der Waals surface area contributed by atoms with Crippen molar-refractivity contribution < 1.29 is 19.3 Å². The van der Waals surface area contributed by atoms with Crippen LogP contribution in [-0.4, -0.2) is 10.2 Å². The number of hydrogen-bond acceptors (Lipinski definition) is 3. The smallest absolute Gasteiger partial charge is 0.150 e. The molecular formula is C21H17FO3. The predicted octanol–water partition coefficient (Wildman–Crippen LogP) is 3.96. The lowest BCUT2D eigenvalue weighted by Crippen LogP contribution is -2.10. The van der Waals surface area contributed by atoms with E-state index >= 15 is 0 Å². The van der Waals surface area contributed by atoms with Crippen LogP contribution in [0.5, 0.6) is 5.75 Å². The van der Waals surface area contributed by atoms with E-state index in [1.54, 1.807) is 0 Å². The molecule has 0 aliphatic heterocycles. The second-order valence-electron chi connectivity index (χ2n) is 6.04. The molecule has 0 aromatic heterocycles. The Labute approximate surface area is 145 Å². The quantitative estimate of drug-likeness (QED) is 0.758. The molecule has 0 saturated heterocycles. The highest BCUT2D eigenvalue weighted by Gasteiger charge is 2.30. The second kappa shape index (κ2) is 6.31. The van der Waals surface area contributed by atoms with Crippen molar-refractivity contribution in [1.82, 2.24) is 0 Å². The van der Waals surface area contributed by atoms with Gasteiger partial charge < -0.3 is 14.9 Å². The number of aliphatic hydroxyl groups excluding tert-OH is 2. The molecule has 0 fully saturated rings. The zero-order valence-corrected chi connectivity index (χ0v) is 13.4. The van der Waals surface area contributed by atoms with Crippen molar-refractivity contribution in [3.63, 3.8) is 0 Å². The van der Waals surface area contributed by atoms with Crippen molar-refractivity contribution >= 4 is 0 Å². The summed E-state index contributed by atoms with van der Waals surface area (Å²) in [6, 6.07) is 18.4. The summed E-state index contributed by atoms with van der Waals surface area (Å²) in [6.07, 6.45) is -0.367. The molecule has 3 aromatic rings. The maximum atomic E-state index is 13.7. The zero-order chi connectivity index (χ0) is 17.4. The molecule has 1 aliphatic rings. The first kappa shape index (κ1) is 15.8. The Morgan fingerprint density at radius 3 is 1.76 bits per heavy atom. The standard InChI is InChI=1S/C21H17FO3/c22-15-9-13(11-23)20(14(10-15)12-24)25-21-18-7-3-1-5-16(18)17-6-2-4-8-19(17)21/h1-10,21,23-24H,11-12H2. The fourth-order valence-electron chi connectivity index (χ4n) is 3.45. The summed E-state index contributed by atoms with van der Waals surface area (Å²) in [7, 11) is 0. The monoisotopic (exact) mass is 336 g/mol. The van der Waals surface area contributed by atoms with Crippen molar-refractivity contribution in [2.24, 2.45) is 0 Å². The van der Waals surface area contributed by atoms with Crippen LogP contribution in [0.3, 0.4) is 0 Å². The van der Waals surface area contributed by atoms with Crippen LogP contribution in [0.15, 0.2) is 60.7 Å². The minimum Gasteiger partial charge on any atom is -0.480 e. The minimum atomic E-state index is -0.507. The number of halogens is 1. The van der Waals surface area contributed by atoms with E-state index < -0.39 is 5.82 Å². The van der Waals surface area contributed by atoms with Crippen molar-refractivity contribution in [3.05, 3.63) is 88.7 Å². The van der Waals surface area contributed by atoms with Crippen LogP contribution in [0.4, 0.5) is 4.39 Å². The normalized spacial score (nSPS) is 12.8. The molecule has 2 N–H and O–H groups in total. The second-order valence-corrected chi connectivity index (χ2v) is 6.04. The van der Waals surface area contributed by atoms with Gasteiger partial charge in [-0.1, -0.05) is 48.5 Å². The van der Waals surface area contributed by atoms with Gasteiger partial charge in [-0.3, -0.25) is 0 Å². The predicted molar refractivity (Wildman–Crippen MR) is 92.6 cm³/mol. The van der Waals surface area contributed by atoms with Crippen LogP contribution < -0.4 is 4.74 Å². The Kier molecular flexibility index (Phi) is 3.99. The number of ether oxygens (including phenoxy) is 1. The van der Waals surface area contributed by atoms with Gasteiger partial charge in [0.1, 0.15) is 11.6 Å². The van der Waals surface area contributed by atoms with E-state index in [-0.39, 0.29) is 19.3 Å². The average Bonchev–Trinajstić information content (AvgIpc) is 2.97. The largest absolute Gasteiger partial charge is 0.480 e. The molecule has 1 aliphatic carbocycles. The van der Waals surface area contributed by atoms with Gasteiger partial charge in [0.15, 0.2) is 6.10 Å². The van der Waals surface area contributed by atoms with Gasteiger partial charge in [0, 0.05) is 22.3 Å². The third-order valence-electron chi connectivity index (χ3n) is 4.56. The number of aliphatic hydroxyl groups is 2. The minimum absolute atomic E-state index is 0.325. The molecule has 0 atom stereocenters. The average molecular weight is 336 g/mol. The van der Waals surface area contributed by atoms with E-state index in [4.69, 9.17) is 4.74 Å². The molecule has 0 unspecified atom stereocenters. The van der Waals surface area contributed by atoms with Crippen LogP contribution >= 0.6 is 0 Å². The SMILES string of the molecule is OCc1cc(F)cc(CO)c1OC1c2ccccc2-c2ccccc21. The maximum Gasteiger partial charge on any atom is 0.150 e. The van der Waals surface area contributed by atoms with Crippen molar-refractivity contribution in [1.29, 1.82) is 0 Å². The van der Waals surface area contributed by atoms with E-state index in [2.05, 4.69) is 0 Å². The van der Waals surface area contributed by atoms with E-state index in [0.29, 0.717) is 16.9 Å². The zero-order valence-electron chi connectivity index (χ0n) is 13.4. The lowest BCUT2D eigenvalue weighted by Gasteiger charge is -2.21. The molecule has 0 saturated carbocycles. The highest BCUT2D eigenvalue weighted by molar-refractivity contribution is 5.78. The summed E-state index contributed by atoms with van der Waals surface area (Å²) >= 11 is 0. The summed E-state index contributed by atoms with van der Waals surface area (Å²) < 4.78 is 19.9. The molecule has 4 heteroatoms. The third kappa shape index (κ3) is 2.60. The molecule has 3 aromatic carbocycles. The van der Waals surface area contributed by atoms with Crippen LogP contribution in [-0.2, 0) is 13.2 Å². The number of benzene rings is 3. The van der Waals surface area contributed by atoms with Gasteiger partial charge in [0.05, 0.1) is 13.2 Å². The molecule has 0 bridgehead atoms. The van der Waals surface area contributed by atoms with Gasteiger partial charge >= 0.3 is 0 Å². The van der Waals surface area contributed by atoms with E-state index in [9.17, 15) is 14.6 Å². The van der Waals surface area contributed by atoms with Gasteiger partial charge in [-0.25, -0.2) is 4.39 Å². The highest BCUT2D eigenvalue weighted by Crippen LogP contribution is 2.46. The number of hydrogen-bond donors (Lipinski definition) is 2. The van der Waals surface area contributed by atoms with Gasteiger partial charge in [-0.2, -0.15) is 0 Å². The molecule has 3 nitrogen and oxygen atoms in total. The molecule has 0 spiro atoms. The molecule has 4 rings (SSSR count). The summed E-state index contributed by atoms with van der Waals surface area (Å²) in [6.45, 7) is -0.730. The van der Waals surface area contributed by atoms with Crippen molar-refractivity contribution in [3.8, 4) is 16.9 Å². The van der Waals surface area contributed by atoms with Crippen molar-refractivity contribution in [2.75, 3.05) is 0 Å². The molecule has 0 heterocycles. The Morgan fingerprint density at radius 2 is 1.28 bits per heavy atom. The molecule has 0 radical (unpaired) electrons. The fourth-order valence-corrected chi connectivity index (χ4v) is 3.45. The van der Waals surface area contributed by atoms with Gasteiger partial charge in [-0.15, -0.1) is 0 Å². The fraction of sp³-hybridized carbons (Fsp3) is 0.143. The first-order chi connectivity index (χ1) is 12.2. The van der Waals surface area contributed by atoms with Crippen molar-refractivity contribution in [2.45, 2.75) is 19.3 Å². The Morgan fingerprint density at radius 1 is 0.800 bits per heavy atom. The van der Waals surface area contributed by atoms with Crippen LogP contribution in [0.2, 0.25) is 0 Å².